The third-order valence-corrected chi connectivity index (χ3v) is 5.96. The summed E-state index contributed by atoms with van der Waals surface area (Å²) in [6.45, 7) is 1.35. The molecule has 2 aromatic carbocycles. The van der Waals surface area contributed by atoms with Crippen LogP contribution in [-0.2, 0) is 6.18 Å². The van der Waals surface area contributed by atoms with Gasteiger partial charge in [0.1, 0.15) is 24.2 Å². The zero-order chi connectivity index (χ0) is 20.9. The Labute approximate surface area is 170 Å². The maximum atomic E-state index is 13.9. The van der Waals surface area contributed by atoms with Crippen LogP contribution >= 0.6 is 0 Å². The number of likely N-dealkylation sites (tertiary alicyclic amines) is 1. The van der Waals surface area contributed by atoms with Gasteiger partial charge in [0, 0.05) is 35.2 Å². The highest BCUT2D eigenvalue weighted by Crippen LogP contribution is 2.40. The van der Waals surface area contributed by atoms with Gasteiger partial charge in [-0.05, 0) is 30.7 Å². The molecule has 3 atom stereocenters. The predicted molar refractivity (Wildman–Crippen MR) is 106 cm³/mol. The number of H-pyrrole nitrogens is 1. The van der Waals surface area contributed by atoms with Crippen LogP contribution in [0.2, 0.25) is 0 Å². The molecule has 0 aliphatic carbocycles. The number of aromatic amines is 1. The third kappa shape index (κ3) is 3.39. The number of anilines is 1. The van der Waals surface area contributed by atoms with E-state index < -0.39 is 18.0 Å². The summed E-state index contributed by atoms with van der Waals surface area (Å²) in [6.07, 6.45) is -4.84. The van der Waals surface area contributed by atoms with Crippen LogP contribution in [0.1, 0.15) is 23.7 Å². The lowest BCUT2D eigenvalue weighted by Crippen LogP contribution is -2.47. The molecule has 0 amide bonds. The first-order valence-corrected chi connectivity index (χ1v) is 9.95. The van der Waals surface area contributed by atoms with E-state index in [1.54, 1.807) is 18.2 Å². The van der Waals surface area contributed by atoms with Gasteiger partial charge in [-0.25, -0.2) is 4.39 Å². The molecule has 3 aromatic rings. The highest BCUT2D eigenvalue weighted by atomic mass is 19.4. The zero-order valence-electron chi connectivity index (χ0n) is 16.0. The van der Waals surface area contributed by atoms with Crippen molar-refractivity contribution in [3.05, 3.63) is 59.8 Å². The molecule has 3 heterocycles. The molecule has 4 nitrogen and oxygen atoms in total. The molecule has 0 saturated carbocycles. The molecular formula is C22H21F4N3O. The molecule has 1 fully saturated rings. The van der Waals surface area contributed by atoms with Crippen molar-refractivity contribution in [2.75, 3.05) is 25.0 Å². The highest BCUT2D eigenvalue weighted by molar-refractivity contribution is 5.93. The molecular weight excluding hydrogens is 398 g/mol. The second kappa shape index (κ2) is 7.19. The minimum atomic E-state index is -4.45. The molecule has 2 aliphatic heterocycles. The van der Waals surface area contributed by atoms with E-state index in [-0.39, 0.29) is 12.1 Å². The van der Waals surface area contributed by atoms with E-state index in [0.29, 0.717) is 42.7 Å². The molecule has 0 radical (unpaired) electrons. The molecule has 0 bridgehead atoms. The Kier molecular flexibility index (Phi) is 4.61. The third-order valence-electron chi connectivity index (χ3n) is 5.96. The standard InChI is InChI=1S/C22H21F4N3O/c23-13-8-9-29(11-13)18-12-30-19-7-2-1-4-14(19)21(18)28-17-6-3-5-16-15(17)10-20(27-16)22(24,25)26/h1-7,10,13,18,21,27-28H,8-9,11-12H2/t13-,18-,21-/m0/s1. The van der Waals surface area contributed by atoms with E-state index in [1.165, 1.54) is 0 Å². The summed E-state index contributed by atoms with van der Waals surface area (Å²) in [5.74, 6) is 0.736. The average molecular weight is 419 g/mol. The van der Waals surface area contributed by atoms with Crippen molar-refractivity contribution >= 4 is 16.6 Å². The van der Waals surface area contributed by atoms with Crippen LogP contribution in [0.5, 0.6) is 5.75 Å². The Balaban J connectivity index is 1.54. The summed E-state index contributed by atoms with van der Waals surface area (Å²) in [4.78, 5) is 4.52. The van der Waals surface area contributed by atoms with Crippen molar-refractivity contribution in [1.29, 1.82) is 0 Å². The first-order valence-electron chi connectivity index (χ1n) is 9.95. The Morgan fingerprint density at radius 2 is 1.93 bits per heavy atom. The Morgan fingerprint density at radius 1 is 1.10 bits per heavy atom. The van der Waals surface area contributed by atoms with Crippen molar-refractivity contribution in [2.45, 2.75) is 30.9 Å². The number of nitrogens with zero attached hydrogens (tertiary/aromatic N) is 1. The largest absolute Gasteiger partial charge is 0.491 e. The first-order chi connectivity index (χ1) is 14.4. The molecule has 2 N–H and O–H groups in total. The molecule has 2 aliphatic rings. The minimum Gasteiger partial charge on any atom is -0.491 e. The monoisotopic (exact) mass is 419 g/mol. The molecule has 30 heavy (non-hydrogen) atoms. The second-order valence-electron chi connectivity index (χ2n) is 7.87. The second-order valence-corrected chi connectivity index (χ2v) is 7.87. The number of nitrogens with one attached hydrogen (secondary N) is 2. The van der Waals surface area contributed by atoms with Crippen LogP contribution in [0.4, 0.5) is 23.2 Å². The first kappa shape index (κ1) is 19.2. The molecule has 0 spiro atoms. The van der Waals surface area contributed by atoms with Crippen LogP contribution in [-0.4, -0.2) is 41.8 Å². The lowest BCUT2D eigenvalue weighted by atomic mass is 9.94. The summed E-state index contributed by atoms with van der Waals surface area (Å²) >= 11 is 0. The van der Waals surface area contributed by atoms with Gasteiger partial charge in [-0.15, -0.1) is 0 Å². The Hall–Kier alpha value is -2.74. The fourth-order valence-electron chi connectivity index (χ4n) is 4.48. The van der Waals surface area contributed by atoms with Crippen LogP contribution in [0, 0.1) is 0 Å². The van der Waals surface area contributed by atoms with Crippen molar-refractivity contribution in [1.82, 2.24) is 9.88 Å². The quantitative estimate of drug-likeness (QED) is 0.578. The van der Waals surface area contributed by atoms with E-state index in [1.807, 2.05) is 24.3 Å². The Bertz CT molecular complexity index is 1060. The van der Waals surface area contributed by atoms with Crippen LogP contribution in [0.3, 0.4) is 0 Å². The van der Waals surface area contributed by atoms with E-state index >= 15 is 0 Å². The summed E-state index contributed by atoms with van der Waals surface area (Å²) < 4.78 is 59.4. The smallest absolute Gasteiger partial charge is 0.431 e. The normalized spacial score (nSPS) is 24.6. The average Bonchev–Trinajstić information content (AvgIpc) is 3.35. The van der Waals surface area contributed by atoms with E-state index in [0.717, 1.165) is 17.4 Å². The fraction of sp³-hybridized carbons (Fsp3) is 0.364. The van der Waals surface area contributed by atoms with Crippen molar-refractivity contribution in [3.63, 3.8) is 0 Å². The van der Waals surface area contributed by atoms with Gasteiger partial charge in [-0.3, -0.25) is 4.90 Å². The van der Waals surface area contributed by atoms with Gasteiger partial charge in [0.05, 0.1) is 12.1 Å². The highest BCUT2D eigenvalue weighted by Gasteiger charge is 2.39. The number of fused-ring (bicyclic) bond motifs is 2. The zero-order valence-corrected chi connectivity index (χ0v) is 16.0. The maximum absolute atomic E-state index is 13.9. The summed E-state index contributed by atoms with van der Waals surface area (Å²) in [7, 11) is 0. The Morgan fingerprint density at radius 3 is 2.70 bits per heavy atom. The SMILES string of the molecule is F[C@H]1CCN([C@H]2COc3ccccc3[C@@H]2Nc2cccc3[nH]c(C(F)(F)F)cc23)C1. The van der Waals surface area contributed by atoms with Gasteiger partial charge in [-0.1, -0.05) is 24.3 Å². The van der Waals surface area contributed by atoms with Gasteiger partial charge >= 0.3 is 6.18 Å². The summed E-state index contributed by atoms with van der Waals surface area (Å²) in [5.41, 5.74) is 1.14. The number of rotatable bonds is 3. The lowest BCUT2D eigenvalue weighted by molar-refractivity contribution is -0.140. The van der Waals surface area contributed by atoms with Gasteiger partial charge in [-0.2, -0.15) is 13.2 Å². The van der Waals surface area contributed by atoms with Crippen molar-refractivity contribution < 1.29 is 22.3 Å². The van der Waals surface area contributed by atoms with Crippen LogP contribution in [0.15, 0.2) is 48.5 Å². The number of para-hydroxylation sites is 1. The van der Waals surface area contributed by atoms with Crippen LogP contribution < -0.4 is 10.1 Å². The number of hydrogen-bond acceptors (Lipinski definition) is 3. The van der Waals surface area contributed by atoms with Gasteiger partial charge < -0.3 is 15.0 Å². The topological polar surface area (TPSA) is 40.3 Å². The number of hydrogen-bond donors (Lipinski definition) is 2. The van der Waals surface area contributed by atoms with Gasteiger partial charge in [0.2, 0.25) is 0 Å². The molecule has 1 saturated heterocycles. The molecule has 5 rings (SSSR count). The number of alkyl halides is 4. The number of ether oxygens (including phenoxy) is 1. The van der Waals surface area contributed by atoms with E-state index in [2.05, 4.69) is 15.2 Å². The van der Waals surface area contributed by atoms with Gasteiger partial charge in [0.25, 0.3) is 0 Å². The fourth-order valence-corrected chi connectivity index (χ4v) is 4.48. The van der Waals surface area contributed by atoms with Crippen molar-refractivity contribution in [3.8, 4) is 5.75 Å². The number of benzene rings is 2. The molecule has 8 heteroatoms. The molecule has 1 aromatic heterocycles. The molecule has 0 unspecified atom stereocenters. The van der Waals surface area contributed by atoms with E-state index in [4.69, 9.17) is 4.74 Å². The van der Waals surface area contributed by atoms with E-state index in [9.17, 15) is 17.6 Å². The van der Waals surface area contributed by atoms with Crippen LogP contribution in [0.25, 0.3) is 10.9 Å². The van der Waals surface area contributed by atoms with Gasteiger partial charge in [0.15, 0.2) is 0 Å². The summed E-state index contributed by atoms with van der Waals surface area (Å²) in [5, 5.41) is 3.92. The maximum Gasteiger partial charge on any atom is 0.431 e. The number of aromatic nitrogens is 1. The van der Waals surface area contributed by atoms with Crippen molar-refractivity contribution in [2.24, 2.45) is 0 Å². The predicted octanol–water partition coefficient (Wildman–Crippen LogP) is 5.14. The number of halogens is 4. The minimum absolute atomic E-state index is 0.128. The molecule has 158 valence electrons. The summed E-state index contributed by atoms with van der Waals surface area (Å²) in [6, 6.07) is 13.5. The lowest BCUT2D eigenvalue weighted by Gasteiger charge is -2.39.